The van der Waals surface area contributed by atoms with E-state index in [-0.39, 0.29) is 29.8 Å². The van der Waals surface area contributed by atoms with Crippen LogP contribution in [-0.2, 0) is 35.4 Å². The summed E-state index contributed by atoms with van der Waals surface area (Å²) in [7, 11) is -1.62. The molecule has 1 aliphatic rings. The first-order valence-electron chi connectivity index (χ1n) is 9.55. The van der Waals surface area contributed by atoms with E-state index in [1.807, 2.05) is 30.3 Å². The van der Waals surface area contributed by atoms with Crippen molar-refractivity contribution < 1.29 is 27.5 Å². The number of rotatable bonds is 8. The van der Waals surface area contributed by atoms with Crippen molar-refractivity contribution in [2.24, 2.45) is 5.92 Å². The van der Waals surface area contributed by atoms with Gasteiger partial charge in [-0.3, -0.25) is 9.59 Å². The first-order valence-corrected chi connectivity index (χ1v) is 11.4. The number of carbonyl (C=O) groups is 3. The maximum atomic E-state index is 12.4. The molecule has 1 aromatic carbocycles. The van der Waals surface area contributed by atoms with Crippen molar-refractivity contribution in [2.75, 3.05) is 25.2 Å². The van der Waals surface area contributed by atoms with Gasteiger partial charge in [0.05, 0.1) is 17.9 Å². The molecular formula is C20H28N2O6S. The highest BCUT2D eigenvalue weighted by molar-refractivity contribution is 7.91. The second-order valence-electron chi connectivity index (χ2n) is 7.62. The van der Waals surface area contributed by atoms with Crippen LogP contribution in [0.2, 0.25) is 0 Å². The summed E-state index contributed by atoms with van der Waals surface area (Å²) in [6, 6.07) is 7.86. The number of hydrogen-bond donors (Lipinski definition) is 1. The van der Waals surface area contributed by atoms with Gasteiger partial charge in [0, 0.05) is 13.1 Å². The number of amides is 2. The van der Waals surface area contributed by atoms with Crippen LogP contribution in [0.4, 0.5) is 0 Å². The van der Waals surface area contributed by atoms with Gasteiger partial charge in [0.15, 0.2) is 16.4 Å². The fourth-order valence-corrected chi connectivity index (χ4v) is 4.89. The van der Waals surface area contributed by atoms with Crippen LogP contribution >= 0.6 is 0 Å². The molecule has 1 heterocycles. The molecule has 1 N–H and O–H groups in total. The van der Waals surface area contributed by atoms with E-state index in [9.17, 15) is 22.8 Å². The second-order valence-corrected chi connectivity index (χ2v) is 9.85. The molecule has 1 fully saturated rings. The quantitative estimate of drug-likeness (QED) is 0.611. The van der Waals surface area contributed by atoms with Crippen LogP contribution in [0.1, 0.15) is 25.8 Å². The highest BCUT2D eigenvalue weighted by atomic mass is 32.2. The minimum absolute atomic E-state index is 0.0535. The summed E-state index contributed by atoms with van der Waals surface area (Å²) < 4.78 is 28.3. The minimum Gasteiger partial charge on any atom is -0.454 e. The number of hydrogen-bond acceptors (Lipinski definition) is 6. The molecule has 1 aliphatic heterocycles. The van der Waals surface area contributed by atoms with Gasteiger partial charge in [-0.25, -0.2) is 13.2 Å². The first-order chi connectivity index (χ1) is 13.6. The van der Waals surface area contributed by atoms with E-state index in [0.717, 1.165) is 5.56 Å². The van der Waals surface area contributed by atoms with Gasteiger partial charge in [-0.2, -0.15) is 0 Å². The Hall–Kier alpha value is -2.42. The van der Waals surface area contributed by atoms with E-state index in [1.54, 1.807) is 13.8 Å². The van der Waals surface area contributed by atoms with E-state index >= 15 is 0 Å². The van der Waals surface area contributed by atoms with E-state index in [2.05, 4.69) is 5.32 Å². The second kappa shape index (κ2) is 9.87. The molecule has 0 radical (unpaired) electrons. The topological polar surface area (TPSA) is 110 Å². The molecule has 8 nitrogen and oxygen atoms in total. The van der Waals surface area contributed by atoms with Crippen molar-refractivity contribution in [1.29, 1.82) is 0 Å². The van der Waals surface area contributed by atoms with Gasteiger partial charge in [-0.05, 0) is 17.9 Å². The van der Waals surface area contributed by atoms with Gasteiger partial charge in [0.2, 0.25) is 5.91 Å². The predicted molar refractivity (Wildman–Crippen MR) is 108 cm³/mol. The SMILES string of the molecule is CC(C)[C@H](NC(=O)Cc1ccccc1)C(=O)OCC(=O)N(C)[C@@H]1CCS(=O)(=O)C1. The van der Waals surface area contributed by atoms with Crippen molar-refractivity contribution in [2.45, 2.75) is 38.8 Å². The van der Waals surface area contributed by atoms with Crippen molar-refractivity contribution >= 4 is 27.6 Å². The molecule has 0 aliphatic carbocycles. The lowest BCUT2D eigenvalue weighted by Crippen LogP contribution is -2.47. The average molecular weight is 425 g/mol. The molecule has 0 bridgehead atoms. The fraction of sp³-hybridized carbons (Fsp3) is 0.550. The number of nitrogens with zero attached hydrogens (tertiary/aromatic N) is 1. The van der Waals surface area contributed by atoms with E-state index < -0.39 is 40.4 Å². The zero-order chi connectivity index (χ0) is 21.6. The Morgan fingerprint density at radius 1 is 1.21 bits per heavy atom. The molecular weight excluding hydrogens is 396 g/mol. The third-order valence-electron chi connectivity index (χ3n) is 4.93. The summed E-state index contributed by atoms with van der Waals surface area (Å²) in [5.74, 6) is -1.73. The summed E-state index contributed by atoms with van der Waals surface area (Å²) in [4.78, 5) is 38.3. The third-order valence-corrected chi connectivity index (χ3v) is 6.68. The maximum Gasteiger partial charge on any atom is 0.329 e. The molecule has 2 rings (SSSR count). The zero-order valence-corrected chi connectivity index (χ0v) is 17.8. The molecule has 0 aromatic heterocycles. The maximum absolute atomic E-state index is 12.4. The van der Waals surface area contributed by atoms with Crippen LogP contribution in [0.15, 0.2) is 30.3 Å². The van der Waals surface area contributed by atoms with Crippen LogP contribution in [0.3, 0.4) is 0 Å². The highest BCUT2D eigenvalue weighted by Crippen LogP contribution is 2.16. The summed E-state index contributed by atoms with van der Waals surface area (Å²) in [5.41, 5.74) is 0.823. The molecule has 2 atom stereocenters. The summed E-state index contributed by atoms with van der Waals surface area (Å²) in [6.07, 6.45) is 0.512. The van der Waals surface area contributed by atoms with Gasteiger partial charge in [-0.15, -0.1) is 0 Å². The first kappa shape index (κ1) is 22.9. The summed E-state index contributed by atoms with van der Waals surface area (Å²) in [6.45, 7) is 3.04. The van der Waals surface area contributed by atoms with Gasteiger partial charge in [0.1, 0.15) is 6.04 Å². The normalized spacial score (nSPS) is 18.8. The standard InChI is InChI=1S/C20H28N2O6S/c1-14(2)19(21-17(23)11-15-7-5-4-6-8-15)20(25)28-12-18(24)22(3)16-9-10-29(26,27)13-16/h4-8,14,16,19H,9-13H2,1-3H3,(H,21,23)/t16-,19+/m1/s1. The molecule has 0 spiro atoms. The van der Waals surface area contributed by atoms with Crippen LogP contribution in [-0.4, -0.2) is 68.3 Å². The third kappa shape index (κ3) is 6.85. The van der Waals surface area contributed by atoms with Crippen LogP contribution < -0.4 is 5.32 Å². The summed E-state index contributed by atoms with van der Waals surface area (Å²) in [5, 5.41) is 2.67. The van der Waals surface area contributed by atoms with Crippen LogP contribution in [0.5, 0.6) is 0 Å². The van der Waals surface area contributed by atoms with Crippen molar-refractivity contribution in [1.82, 2.24) is 10.2 Å². The Kier molecular flexibility index (Phi) is 7.78. The summed E-state index contributed by atoms with van der Waals surface area (Å²) >= 11 is 0. The smallest absolute Gasteiger partial charge is 0.329 e. The Morgan fingerprint density at radius 3 is 2.41 bits per heavy atom. The molecule has 9 heteroatoms. The molecule has 1 saturated heterocycles. The van der Waals surface area contributed by atoms with Crippen LogP contribution in [0, 0.1) is 5.92 Å². The Morgan fingerprint density at radius 2 is 1.86 bits per heavy atom. The molecule has 0 unspecified atom stereocenters. The molecule has 2 amide bonds. The minimum atomic E-state index is -3.12. The Bertz CT molecular complexity index is 838. The number of sulfone groups is 1. The van der Waals surface area contributed by atoms with E-state index in [1.165, 1.54) is 11.9 Å². The number of benzene rings is 1. The van der Waals surface area contributed by atoms with Gasteiger partial charge < -0.3 is 15.0 Å². The molecule has 1 aromatic rings. The Balaban J connectivity index is 1.87. The number of ether oxygens (including phenoxy) is 1. The van der Waals surface area contributed by atoms with E-state index in [4.69, 9.17) is 4.74 Å². The fourth-order valence-electron chi connectivity index (χ4n) is 3.11. The average Bonchev–Trinajstić information content (AvgIpc) is 3.03. The number of likely N-dealkylation sites (N-methyl/N-ethyl adjacent to an activating group) is 1. The van der Waals surface area contributed by atoms with Crippen molar-refractivity contribution in [3.05, 3.63) is 35.9 Å². The molecule has 29 heavy (non-hydrogen) atoms. The number of nitrogens with one attached hydrogen (secondary N) is 1. The zero-order valence-electron chi connectivity index (χ0n) is 17.0. The predicted octanol–water partition coefficient (Wildman–Crippen LogP) is 0.559. The number of carbonyl (C=O) groups excluding carboxylic acids is 3. The lowest BCUT2D eigenvalue weighted by atomic mass is 10.0. The lowest BCUT2D eigenvalue weighted by Gasteiger charge is -2.24. The van der Waals surface area contributed by atoms with Crippen molar-refractivity contribution in [3.8, 4) is 0 Å². The lowest BCUT2D eigenvalue weighted by molar-refractivity contribution is -0.155. The number of esters is 1. The van der Waals surface area contributed by atoms with Gasteiger partial charge in [-0.1, -0.05) is 44.2 Å². The highest BCUT2D eigenvalue weighted by Gasteiger charge is 2.33. The monoisotopic (exact) mass is 424 g/mol. The molecule has 160 valence electrons. The van der Waals surface area contributed by atoms with Crippen LogP contribution in [0.25, 0.3) is 0 Å². The largest absolute Gasteiger partial charge is 0.454 e. The van der Waals surface area contributed by atoms with Gasteiger partial charge >= 0.3 is 5.97 Å². The molecule has 0 saturated carbocycles. The van der Waals surface area contributed by atoms with Crippen molar-refractivity contribution in [3.63, 3.8) is 0 Å². The Labute approximate surface area is 171 Å². The van der Waals surface area contributed by atoms with Gasteiger partial charge in [0.25, 0.3) is 5.91 Å². The van der Waals surface area contributed by atoms with E-state index in [0.29, 0.717) is 6.42 Å².